The smallest absolute Gasteiger partial charge is 0.100 e. The lowest BCUT2D eigenvalue weighted by atomic mass is 9.73. The number of allylic oxidation sites excluding steroid dienone is 6. The number of rotatable bonds is 6. The molecule has 0 radical (unpaired) electrons. The molecular formula is C38H42N4S. The summed E-state index contributed by atoms with van der Waals surface area (Å²) in [7, 11) is 0. The number of nitrogens with zero attached hydrogens (tertiary/aromatic N) is 2. The first-order valence-corrected chi connectivity index (χ1v) is 17.0. The van der Waals surface area contributed by atoms with Crippen LogP contribution in [0.5, 0.6) is 0 Å². The number of hydrogen-bond acceptors (Lipinski definition) is 4. The highest BCUT2D eigenvalue weighted by Gasteiger charge is 2.28. The van der Waals surface area contributed by atoms with E-state index in [0.29, 0.717) is 11.8 Å². The Balaban J connectivity index is 1.24. The van der Waals surface area contributed by atoms with Crippen LogP contribution >= 0.6 is 11.9 Å². The third-order valence-corrected chi connectivity index (χ3v) is 10.7. The molecule has 3 aromatic carbocycles. The maximum Gasteiger partial charge on any atom is 0.100 e. The second kappa shape index (κ2) is 12.6. The minimum Gasteiger partial charge on any atom is -0.398 e. The SMILES string of the molecule is NSc1c(N)cc(C2CCCC(C3=CC(C4CCCCC4)=CC=CC3)C2)cc1-c1cccc2ncn(-c3ccccc3)c12. The van der Waals surface area contributed by atoms with Gasteiger partial charge in [-0.05, 0) is 110 Å². The number of para-hydroxylation sites is 2. The molecule has 43 heavy (non-hydrogen) atoms. The van der Waals surface area contributed by atoms with Crippen molar-refractivity contribution in [3.63, 3.8) is 0 Å². The minimum absolute atomic E-state index is 0.477. The zero-order valence-electron chi connectivity index (χ0n) is 24.9. The summed E-state index contributed by atoms with van der Waals surface area (Å²) in [5.74, 6) is 1.83. The molecule has 0 amide bonds. The molecule has 2 atom stereocenters. The molecule has 1 aromatic heterocycles. The Hall–Kier alpha value is -3.54. The van der Waals surface area contributed by atoms with Gasteiger partial charge in [-0.2, -0.15) is 0 Å². The molecule has 0 aliphatic heterocycles. The Bertz CT molecular complexity index is 1690. The fourth-order valence-corrected chi connectivity index (χ4v) is 8.31. The number of benzene rings is 3. The summed E-state index contributed by atoms with van der Waals surface area (Å²) in [6.45, 7) is 0. The minimum atomic E-state index is 0.477. The quantitative estimate of drug-likeness (QED) is 0.174. The summed E-state index contributed by atoms with van der Waals surface area (Å²) in [5.41, 5.74) is 17.5. The van der Waals surface area contributed by atoms with Crippen LogP contribution in [-0.2, 0) is 0 Å². The van der Waals surface area contributed by atoms with Gasteiger partial charge in [-0.1, -0.05) is 85.9 Å². The molecule has 4 N–H and O–H groups in total. The molecule has 0 bridgehead atoms. The Kier molecular flexibility index (Phi) is 8.27. The van der Waals surface area contributed by atoms with Gasteiger partial charge in [0.25, 0.3) is 0 Å². The van der Waals surface area contributed by atoms with E-state index in [-0.39, 0.29) is 0 Å². The fourth-order valence-electron chi connectivity index (χ4n) is 7.82. The topological polar surface area (TPSA) is 69.9 Å². The largest absolute Gasteiger partial charge is 0.398 e. The number of nitrogen functional groups attached to an aromatic ring is 1. The first kappa shape index (κ1) is 28.2. The maximum absolute atomic E-state index is 6.79. The van der Waals surface area contributed by atoms with Gasteiger partial charge in [0.05, 0.1) is 15.9 Å². The van der Waals surface area contributed by atoms with Crippen molar-refractivity contribution in [1.82, 2.24) is 9.55 Å². The van der Waals surface area contributed by atoms with Crippen LogP contribution in [0.1, 0.15) is 75.7 Å². The first-order valence-electron chi connectivity index (χ1n) is 16.1. The van der Waals surface area contributed by atoms with Crippen molar-refractivity contribution < 1.29 is 0 Å². The number of fused-ring (bicyclic) bond motifs is 1. The highest BCUT2D eigenvalue weighted by molar-refractivity contribution is 7.97. The van der Waals surface area contributed by atoms with Crippen LogP contribution in [0.15, 0.2) is 107 Å². The molecule has 3 aliphatic rings. The van der Waals surface area contributed by atoms with Gasteiger partial charge >= 0.3 is 0 Å². The molecule has 0 saturated heterocycles. The predicted octanol–water partition coefficient (Wildman–Crippen LogP) is 9.91. The van der Waals surface area contributed by atoms with E-state index in [2.05, 4.69) is 83.5 Å². The fraction of sp³-hybridized carbons (Fsp3) is 0.342. The molecule has 2 saturated carbocycles. The van der Waals surface area contributed by atoms with Crippen molar-refractivity contribution >= 4 is 28.7 Å². The van der Waals surface area contributed by atoms with E-state index >= 15 is 0 Å². The monoisotopic (exact) mass is 586 g/mol. The van der Waals surface area contributed by atoms with Crippen LogP contribution in [0.25, 0.3) is 27.8 Å². The highest BCUT2D eigenvalue weighted by Crippen LogP contribution is 2.46. The van der Waals surface area contributed by atoms with Crippen molar-refractivity contribution in [2.45, 2.75) is 75.0 Å². The van der Waals surface area contributed by atoms with E-state index in [9.17, 15) is 0 Å². The van der Waals surface area contributed by atoms with Crippen LogP contribution in [0.3, 0.4) is 0 Å². The maximum atomic E-state index is 6.79. The number of anilines is 1. The van der Waals surface area contributed by atoms with Crippen LogP contribution in [0, 0.1) is 11.8 Å². The van der Waals surface area contributed by atoms with Crippen LogP contribution in [-0.4, -0.2) is 9.55 Å². The lowest BCUT2D eigenvalue weighted by Gasteiger charge is -2.32. The van der Waals surface area contributed by atoms with Gasteiger partial charge in [0, 0.05) is 22.5 Å². The molecule has 0 spiro atoms. The van der Waals surface area contributed by atoms with Crippen molar-refractivity contribution in [3.05, 3.63) is 108 Å². The van der Waals surface area contributed by atoms with Gasteiger partial charge in [0.2, 0.25) is 0 Å². The molecular weight excluding hydrogens is 545 g/mol. The first-order chi connectivity index (χ1) is 21.2. The number of imidazole rings is 1. The molecule has 2 unspecified atom stereocenters. The molecule has 3 aliphatic carbocycles. The zero-order valence-corrected chi connectivity index (χ0v) is 25.7. The second-order valence-corrected chi connectivity index (χ2v) is 13.3. The van der Waals surface area contributed by atoms with Gasteiger partial charge < -0.3 is 5.73 Å². The van der Waals surface area contributed by atoms with Crippen molar-refractivity contribution in [2.75, 3.05) is 5.73 Å². The average Bonchev–Trinajstić information content (AvgIpc) is 3.35. The van der Waals surface area contributed by atoms with Gasteiger partial charge in [-0.25, -0.2) is 4.98 Å². The average molecular weight is 587 g/mol. The summed E-state index contributed by atoms with van der Waals surface area (Å²) in [4.78, 5) is 5.69. The summed E-state index contributed by atoms with van der Waals surface area (Å²) >= 11 is 1.25. The van der Waals surface area contributed by atoms with Crippen molar-refractivity contribution in [1.29, 1.82) is 0 Å². The molecule has 5 heteroatoms. The van der Waals surface area contributed by atoms with Crippen LogP contribution in [0.2, 0.25) is 0 Å². The summed E-state index contributed by atoms with van der Waals surface area (Å²) in [6, 6.07) is 21.4. The number of hydrogen-bond donors (Lipinski definition) is 2. The van der Waals surface area contributed by atoms with E-state index in [1.165, 1.54) is 75.3 Å². The lowest BCUT2D eigenvalue weighted by molar-refractivity contribution is 0.355. The molecule has 1 heterocycles. The molecule has 2 fully saturated rings. The molecule has 7 rings (SSSR count). The highest BCUT2D eigenvalue weighted by atomic mass is 32.2. The van der Waals surface area contributed by atoms with Gasteiger partial charge in [-0.15, -0.1) is 0 Å². The van der Waals surface area contributed by atoms with Crippen molar-refractivity contribution in [2.24, 2.45) is 17.0 Å². The van der Waals surface area contributed by atoms with Gasteiger partial charge in [0.15, 0.2) is 0 Å². The summed E-state index contributed by atoms with van der Waals surface area (Å²) in [5, 5.41) is 6.29. The molecule has 4 aromatic rings. The Morgan fingerprint density at radius 2 is 1.63 bits per heavy atom. The standard InChI is InChI=1S/C38H42N4S/c39-35-24-31(30-16-9-15-29(22-30)28-14-8-7-13-27(21-28)26-11-3-1-4-12-26)23-34(38(35)43-40)33-19-10-20-36-37(33)42(25-41-36)32-17-5-2-6-18-32/h2,5-8,10,13,17-21,23-26,29-30H,1,3-4,9,11-12,14-16,22,39-40H2. The Morgan fingerprint density at radius 1 is 0.814 bits per heavy atom. The Labute approximate surface area is 260 Å². The number of aromatic nitrogens is 2. The van der Waals surface area contributed by atoms with E-state index in [0.717, 1.165) is 50.8 Å². The van der Waals surface area contributed by atoms with Crippen LogP contribution in [0.4, 0.5) is 5.69 Å². The summed E-state index contributed by atoms with van der Waals surface area (Å²) in [6.07, 6.45) is 24.4. The predicted molar refractivity (Wildman–Crippen MR) is 182 cm³/mol. The molecule has 4 nitrogen and oxygen atoms in total. The van der Waals surface area contributed by atoms with Crippen LogP contribution < -0.4 is 10.9 Å². The van der Waals surface area contributed by atoms with E-state index in [1.54, 1.807) is 11.1 Å². The second-order valence-electron chi connectivity index (χ2n) is 12.6. The lowest BCUT2D eigenvalue weighted by Crippen LogP contribution is -2.17. The van der Waals surface area contributed by atoms with E-state index in [1.807, 2.05) is 12.4 Å². The van der Waals surface area contributed by atoms with Gasteiger partial charge in [0.1, 0.15) is 6.33 Å². The Morgan fingerprint density at radius 3 is 2.47 bits per heavy atom. The zero-order chi connectivity index (χ0) is 29.2. The number of nitrogens with two attached hydrogens (primary N) is 2. The van der Waals surface area contributed by atoms with E-state index in [4.69, 9.17) is 15.9 Å². The summed E-state index contributed by atoms with van der Waals surface area (Å²) < 4.78 is 2.18. The van der Waals surface area contributed by atoms with Gasteiger partial charge in [-0.3, -0.25) is 9.71 Å². The van der Waals surface area contributed by atoms with E-state index < -0.39 is 0 Å². The normalized spacial score (nSPS) is 21.4. The third-order valence-electron chi connectivity index (χ3n) is 10.0. The van der Waals surface area contributed by atoms with Crippen molar-refractivity contribution in [3.8, 4) is 16.8 Å². The third kappa shape index (κ3) is 5.73. The molecule has 220 valence electrons.